The van der Waals surface area contributed by atoms with Crippen molar-refractivity contribution < 1.29 is 28.5 Å². The third-order valence-electron chi connectivity index (χ3n) is 5.08. The van der Waals surface area contributed by atoms with E-state index in [1.807, 2.05) is 0 Å². The molecule has 1 heterocycles. The van der Waals surface area contributed by atoms with Gasteiger partial charge in [0, 0.05) is 17.5 Å². The molecule has 0 spiro atoms. The van der Waals surface area contributed by atoms with E-state index in [0.717, 1.165) is 12.8 Å². The van der Waals surface area contributed by atoms with E-state index in [4.69, 9.17) is 18.9 Å². The lowest BCUT2D eigenvalue weighted by Gasteiger charge is -2.34. The lowest BCUT2D eigenvalue weighted by atomic mass is 9.83. The maximum absolute atomic E-state index is 12.2. The zero-order valence-corrected chi connectivity index (χ0v) is 15.1. The van der Waals surface area contributed by atoms with Gasteiger partial charge in [-0.3, -0.25) is 5.32 Å². The number of nitrogens with one attached hydrogen (secondary N) is 1. The summed E-state index contributed by atoms with van der Waals surface area (Å²) in [6.45, 7) is 2.08. The third-order valence-corrected chi connectivity index (χ3v) is 5.08. The Labute approximate surface area is 152 Å². The van der Waals surface area contributed by atoms with Crippen molar-refractivity contribution in [1.82, 2.24) is 0 Å². The van der Waals surface area contributed by atoms with Gasteiger partial charge in [0.15, 0.2) is 0 Å². The molecule has 1 saturated carbocycles. The van der Waals surface area contributed by atoms with Gasteiger partial charge >= 0.3 is 12.1 Å². The minimum absolute atomic E-state index is 0.0232. The number of carbonyl (C=O) groups excluding carboxylic acids is 2. The van der Waals surface area contributed by atoms with Crippen LogP contribution < -0.4 is 10.1 Å². The molecule has 0 aromatic heterocycles. The number of carbonyl (C=O) groups is 2. The van der Waals surface area contributed by atoms with Crippen LogP contribution in [-0.2, 0) is 19.0 Å². The summed E-state index contributed by atoms with van der Waals surface area (Å²) in [6.07, 6.45) is 1.82. The van der Waals surface area contributed by atoms with Crippen LogP contribution in [0, 0.1) is 17.8 Å². The van der Waals surface area contributed by atoms with Crippen LogP contribution in [0.15, 0.2) is 36.1 Å². The smallest absolute Gasteiger partial charge is 0.414 e. The standard InChI is InChI=1S/C19H23NO6/c1-11-4-9-14-15(17(21)24-3)10-25-18(16(11)14)26-19(22)20-12-5-7-13(23-2)8-6-12/h5-8,10-11,14,16,18H,4,9H2,1-3H3,(H,20,22). The zero-order valence-electron chi connectivity index (χ0n) is 15.1. The molecule has 1 N–H and O–H groups in total. The van der Waals surface area contributed by atoms with Crippen molar-refractivity contribution in [3.63, 3.8) is 0 Å². The highest BCUT2D eigenvalue weighted by Crippen LogP contribution is 2.46. The van der Waals surface area contributed by atoms with Crippen LogP contribution in [0.3, 0.4) is 0 Å². The molecule has 0 saturated heterocycles. The fourth-order valence-electron chi connectivity index (χ4n) is 3.71. The average molecular weight is 361 g/mol. The number of anilines is 1. The van der Waals surface area contributed by atoms with Crippen LogP contribution in [0.25, 0.3) is 0 Å². The maximum atomic E-state index is 12.2. The molecule has 4 atom stereocenters. The van der Waals surface area contributed by atoms with Crippen LogP contribution in [0.5, 0.6) is 5.75 Å². The first-order valence-corrected chi connectivity index (χ1v) is 8.59. The van der Waals surface area contributed by atoms with Gasteiger partial charge in [0.1, 0.15) is 5.75 Å². The molecule has 1 aromatic rings. The molecular formula is C19H23NO6. The molecule has 1 fully saturated rings. The predicted molar refractivity (Wildman–Crippen MR) is 93.4 cm³/mol. The van der Waals surface area contributed by atoms with Gasteiger partial charge in [-0.25, -0.2) is 9.59 Å². The monoisotopic (exact) mass is 361 g/mol. The normalized spacial score (nSPS) is 26.8. The summed E-state index contributed by atoms with van der Waals surface area (Å²) < 4.78 is 21.0. The summed E-state index contributed by atoms with van der Waals surface area (Å²) in [5.74, 6) is 0.478. The van der Waals surface area contributed by atoms with Crippen molar-refractivity contribution >= 4 is 17.7 Å². The Morgan fingerprint density at radius 2 is 1.88 bits per heavy atom. The van der Waals surface area contributed by atoms with Crippen molar-refractivity contribution in [2.75, 3.05) is 19.5 Å². The number of amides is 1. The molecule has 4 unspecified atom stereocenters. The van der Waals surface area contributed by atoms with Gasteiger partial charge in [-0.05, 0) is 43.0 Å². The number of fused-ring (bicyclic) bond motifs is 1. The molecule has 1 aromatic carbocycles. The van der Waals surface area contributed by atoms with E-state index in [1.165, 1.54) is 13.4 Å². The zero-order chi connectivity index (χ0) is 18.7. The Morgan fingerprint density at radius 1 is 1.15 bits per heavy atom. The lowest BCUT2D eigenvalue weighted by Crippen LogP contribution is -2.39. The minimum Gasteiger partial charge on any atom is -0.497 e. The summed E-state index contributed by atoms with van der Waals surface area (Å²) in [5, 5.41) is 2.67. The highest BCUT2D eigenvalue weighted by atomic mass is 16.7. The van der Waals surface area contributed by atoms with Gasteiger partial charge in [-0.15, -0.1) is 0 Å². The lowest BCUT2D eigenvalue weighted by molar-refractivity contribution is -0.144. The first-order chi connectivity index (χ1) is 12.5. The minimum atomic E-state index is -0.732. The van der Waals surface area contributed by atoms with Crippen molar-refractivity contribution in [3.05, 3.63) is 36.1 Å². The Hall–Kier alpha value is -2.70. The second-order valence-electron chi connectivity index (χ2n) is 6.57. The van der Waals surface area contributed by atoms with E-state index in [9.17, 15) is 9.59 Å². The van der Waals surface area contributed by atoms with Gasteiger partial charge in [-0.2, -0.15) is 0 Å². The first-order valence-electron chi connectivity index (χ1n) is 8.59. The molecule has 1 aliphatic heterocycles. The highest BCUT2D eigenvalue weighted by Gasteiger charge is 2.48. The van der Waals surface area contributed by atoms with E-state index in [2.05, 4.69) is 12.2 Å². The largest absolute Gasteiger partial charge is 0.497 e. The maximum Gasteiger partial charge on any atom is 0.414 e. The number of hydrogen-bond donors (Lipinski definition) is 1. The predicted octanol–water partition coefficient (Wildman–Crippen LogP) is 3.32. The van der Waals surface area contributed by atoms with E-state index < -0.39 is 18.4 Å². The highest BCUT2D eigenvalue weighted by molar-refractivity contribution is 5.89. The Kier molecular flexibility index (Phi) is 5.35. The van der Waals surface area contributed by atoms with Gasteiger partial charge < -0.3 is 18.9 Å². The second kappa shape index (κ2) is 7.68. The Morgan fingerprint density at radius 3 is 2.54 bits per heavy atom. The van der Waals surface area contributed by atoms with Crippen molar-refractivity contribution in [2.24, 2.45) is 17.8 Å². The molecular weight excluding hydrogens is 338 g/mol. The molecule has 140 valence electrons. The molecule has 26 heavy (non-hydrogen) atoms. The summed E-state index contributed by atoms with van der Waals surface area (Å²) in [6, 6.07) is 6.93. The van der Waals surface area contributed by atoms with Gasteiger partial charge in [-0.1, -0.05) is 6.92 Å². The number of hydrogen-bond acceptors (Lipinski definition) is 6. The molecule has 7 heteroatoms. The van der Waals surface area contributed by atoms with E-state index in [-0.39, 0.29) is 17.8 Å². The summed E-state index contributed by atoms with van der Waals surface area (Å²) in [5.41, 5.74) is 1.10. The fourth-order valence-corrected chi connectivity index (χ4v) is 3.71. The quantitative estimate of drug-likeness (QED) is 0.829. The third kappa shape index (κ3) is 3.61. The second-order valence-corrected chi connectivity index (χ2v) is 6.57. The van der Waals surface area contributed by atoms with E-state index in [1.54, 1.807) is 31.4 Å². The van der Waals surface area contributed by atoms with Gasteiger partial charge in [0.2, 0.25) is 6.29 Å². The molecule has 7 nitrogen and oxygen atoms in total. The summed E-state index contributed by atoms with van der Waals surface area (Å²) in [4.78, 5) is 24.2. The van der Waals surface area contributed by atoms with Crippen LogP contribution in [0.4, 0.5) is 10.5 Å². The molecule has 3 rings (SSSR count). The fraction of sp³-hybridized carbons (Fsp3) is 0.474. The van der Waals surface area contributed by atoms with Crippen molar-refractivity contribution in [2.45, 2.75) is 26.1 Å². The van der Waals surface area contributed by atoms with Crippen molar-refractivity contribution in [1.29, 1.82) is 0 Å². The first kappa shape index (κ1) is 18.1. The van der Waals surface area contributed by atoms with Gasteiger partial charge in [0.05, 0.1) is 26.1 Å². The summed E-state index contributed by atoms with van der Waals surface area (Å²) >= 11 is 0. The van der Waals surface area contributed by atoms with Crippen LogP contribution >= 0.6 is 0 Å². The molecule has 0 bridgehead atoms. The molecule has 2 aliphatic rings. The number of methoxy groups -OCH3 is 2. The average Bonchev–Trinajstić information content (AvgIpc) is 3.04. The van der Waals surface area contributed by atoms with Gasteiger partial charge in [0.25, 0.3) is 0 Å². The topological polar surface area (TPSA) is 83.1 Å². The number of ether oxygens (including phenoxy) is 4. The number of rotatable bonds is 4. The van der Waals surface area contributed by atoms with E-state index >= 15 is 0 Å². The SMILES string of the molecule is COC(=O)C1=COC(OC(=O)Nc2ccc(OC)cc2)C2C(C)CCC12. The number of esters is 1. The molecule has 1 aliphatic carbocycles. The molecule has 1 amide bonds. The Bertz CT molecular complexity index is 698. The van der Waals surface area contributed by atoms with Crippen LogP contribution in [0.1, 0.15) is 19.8 Å². The summed E-state index contributed by atoms with van der Waals surface area (Å²) in [7, 11) is 2.92. The van der Waals surface area contributed by atoms with Crippen molar-refractivity contribution in [3.8, 4) is 5.75 Å². The number of benzene rings is 1. The van der Waals surface area contributed by atoms with Crippen LogP contribution in [0.2, 0.25) is 0 Å². The molecule has 0 radical (unpaired) electrons. The van der Waals surface area contributed by atoms with Crippen LogP contribution in [-0.4, -0.2) is 32.6 Å². The Balaban J connectivity index is 1.67. The van der Waals surface area contributed by atoms with E-state index in [0.29, 0.717) is 17.0 Å².